The summed E-state index contributed by atoms with van der Waals surface area (Å²) in [4.78, 5) is 13.2. The smallest absolute Gasteiger partial charge is 0.342 e. The third-order valence-corrected chi connectivity index (χ3v) is 7.20. The summed E-state index contributed by atoms with van der Waals surface area (Å²) in [6, 6.07) is 3.36. The van der Waals surface area contributed by atoms with Crippen LogP contribution in [-0.2, 0) is 17.6 Å². The van der Waals surface area contributed by atoms with Gasteiger partial charge in [0.25, 0.3) is 5.82 Å². The monoisotopic (exact) mass is 479 g/mol. The molecule has 0 spiro atoms. The van der Waals surface area contributed by atoms with Gasteiger partial charge >= 0.3 is 5.97 Å². The van der Waals surface area contributed by atoms with E-state index in [9.17, 15) is 4.79 Å². The number of rotatable bonds is 15. The molecule has 1 aromatic heterocycles. The number of hydrogen-bond acceptors (Lipinski definition) is 4. The van der Waals surface area contributed by atoms with Crippen LogP contribution in [0, 0.1) is 0 Å². The number of nitrogens with two attached hydrogens (primary N) is 1. The number of pyridine rings is 1. The Bertz CT molecular complexity index is 741. The number of carbonyl (C=O) groups is 1. The van der Waals surface area contributed by atoms with Gasteiger partial charge in [-0.3, -0.25) is 5.32 Å². The molecular formula is C27H46ClN3O2. The van der Waals surface area contributed by atoms with Gasteiger partial charge in [0.1, 0.15) is 17.3 Å². The Hall–Kier alpha value is -1.33. The van der Waals surface area contributed by atoms with Crippen molar-refractivity contribution in [3.63, 3.8) is 0 Å². The van der Waals surface area contributed by atoms with Gasteiger partial charge in [-0.1, -0.05) is 52.4 Å². The Kier molecular flexibility index (Phi) is 12.5. The number of halogens is 1. The van der Waals surface area contributed by atoms with Crippen LogP contribution < -0.4 is 28.0 Å². The fraction of sp³-hybridized carbons (Fsp3) is 0.778. The van der Waals surface area contributed by atoms with Crippen molar-refractivity contribution in [3.8, 4) is 0 Å². The van der Waals surface area contributed by atoms with Crippen LogP contribution in [0.4, 0.5) is 5.82 Å². The number of hydrogen-bond donors (Lipinski definition) is 2. The molecule has 0 saturated heterocycles. The van der Waals surface area contributed by atoms with Crippen molar-refractivity contribution in [1.29, 1.82) is 0 Å². The molecule has 0 unspecified atom stereocenters. The van der Waals surface area contributed by atoms with Gasteiger partial charge in [0, 0.05) is 18.9 Å². The van der Waals surface area contributed by atoms with Crippen LogP contribution in [0.25, 0.3) is 0 Å². The Morgan fingerprint density at radius 1 is 1.09 bits per heavy atom. The molecule has 188 valence electrons. The molecule has 0 bridgehead atoms. The minimum absolute atomic E-state index is 0. The summed E-state index contributed by atoms with van der Waals surface area (Å²) in [6.07, 6.45) is 17.4. The fourth-order valence-corrected chi connectivity index (χ4v) is 5.46. The number of nitrogens with zero attached hydrogens (tertiary/aromatic N) is 1. The van der Waals surface area contributed by atoms with Crippen molar-refractivity contribution in [2.45, 2.75) is 122 Å². The van der Waals surface area contributed by atoms with Crippen molar-refractivity contribution in [2.75, 3.05) is 18.5 Å². The summed E-state index contributed by atoms with van der Waals surface area (Å²) >= 11 is 0. The molecule has 0 radical (unpaired) electrons. The molecule has 2 aliphatic rings. The average molecular weight is 480 g/mol. The Balaban J connectivity index is 0.00000385. The number of aryl methyl sites for hydroxylation is 1. The zero-order valence-corrected chi connectivity index (χ0v) is 21.7. The largest absolute Gasteiger partial charge is 1.00 e. The van der Waals surface area contributed by atoms with Gasteiger partial charge < -0.3 is 22.9 Å². The number of carbonyl (C=O) groups excluding carboxylic acids is 1. The maximum Gasteiger partial charge on any atom is 0.342 e. The molecular weight excluding hydrogens is 434 g/mol. The molecule has 0 amide bonds. The normalized spacial score (nSPS) is 18.4. The standard InChI is InChI=1S/C27H45N3O2.ClH/c1-3-5-7-8-10-14-22-20-23-15-16-24-26(27(31)32-18-12-11-17-28)21(13-9-6-4-2)19-25(29-22)30(23)24;/h19,22-23H,3-18,20,28H2,1-2H3;1H/t22-,23+;/m0./s1. The number of aromatic nitrogens is 1. The van der Waals surface area contributed by atoms with Crippen LogP contribution in [0.3, 0.4) is 0 Å². The lowest BCUT2D eigenvalue weighted by Gasteiger charge is -2.27. The van der Waals surface area contributed by atoms with Crippen molar-refractivity contribution < 1.29 is 26.5 Å². The SMILES string of the molecule is CCCCCCC[C@H]1C[C@H]2CCc3c(C(=O)OCCCCN)c(CCCCC)cc([n+]32)N1.[Cl-]. The highest BCUT2D eigenvalue weighted by molar-refractivity contribution is 5.92. The second kappa shape index (κ2) is 14.8. The second-order valence-corrected chi connectivity index (χ2v) is 9.81. The fourth-order valence-electron chi connectivity index (χ4n) is 5.46. The Morgan fingerprint density at radius 2 is 1.85 bits per heavy atom. The quantitative estimate of drug-likeness (QED) is 0.230. The molecule has 33 heavy (non-hydrogen) atoms. The van der Waals surface area contributed by atoms with Gasteiger partial charge in [-0.05, 0) is 57.1 Å². The van der Waals surface area contributed by atoms with E-state index in [2.05, 4.69) is 29.8 Å². The average Bonchev–Trinajstić information content (AvgIpc) is 3.21. The molecule has 3 rings (SSSR count). The number of nitrogens with one attached hydrogen (secondary N) is 1. The van der Waals surface area contributed by atoms with Crippen LogP contribution in [-0.4, -0.2) is 25.2 Å². The van der Waals surface area contributed by atoms with Crippen molar-refractivity contribution in [2.24, 2.45) is 5.73 Å². The lowest BCUT2D eigenvalue weighted by atomic mass is 9.96. The van der Waals surface area contributed by atoms with E-state index in [0.717, 1.165) is 44.1 Å². The third-order valence-electron chi connectivity index (χ3n) is 7.20. The molecule has 0 fully saturated rings. The van der Waals surface area contributed by atoms with Gasteiger partial charge in [0.2, 0.25) is 0 Å². The van der Waals surface area contributed by atoms with Gasteiger partial charge in [0.15, 0.2) is 0 Å². The molecule has 3 N–H and O–H groups in total. The summed E-state index contributed by atoms with van der Waals surface area (Å²) in [7, 11) is 0. The summed E-state index contributed by atoms with van der Waals surface area (Å²) in [5, 5.41) is 3.85. The van der Waals surface area contributed by atoms with Crippen molar-refractivity contribution in [3.05, 3.63) is 22.9 Å². The van der Waals surface area contributed by atoms with E-state index in [0.29, 0.717) is 25.2 Å². The number of unbranched alkanes of at least 4 members (excludes halogenated alkanes) is 7. The number of ether oxygens (including phenoxy) is 1. The molecule has 0 aromatic carbocycles. The Morgan fingerprint density at radius 3 is 2.61 bits per heavy atom. The van der Waals surface area contributed by atoms with E-state index in [1.807, 2.05) is 0 Å². The van der Waals surface area contributed by atoms with Crippen LogP contribution in [0.2, 0.25) is 0 Å². The zero-order chi connectivity index (χ0) is 22.8. The maximum absolute atomic E-state index is 13.2. The first-order valence-corrected chi connectivity index (χ1v) is 13.4. The minimum atomic E-state index is -0.127. The van der Waals surface area contributed by atoms with E-state index in [1.54, 1.807) is 0 Å². The number of esters is 1. The van der Waals surface area contributed by atoms with E-state index in [1.165, 1.54) is 74.9 Å². The lowest BCUT2D eigenvalue weighted by Crippen LogP contribution is -3.00. The molecule has 0 aliphatic carbocycles. The third kappa shape index (κ3) is 7.58. The van der Waals surface area contributed by atoms with Gasteiger partial charge in [-0.25, -0.2) is 9.36 Å². The minimum Gasteiger partial charge on any atom is -1.00 e. The summed E-state index contributed by atoms with van der Waals surface area (Å²) in [5.41, 5.74) is 8.84. The van der Waals surface area contributed by atoms with E-state index < -0.39 is 0 Å². The molecule has 6 heteroatoms. The van der Waals surface area contributed by atoms with Crippen molar-refractivity contribution >= 4 is 11.8 Å². The molecule has 2 aliphatic heterocycles. The Labute approximate surface area is 207 Å². The lowest BCUT2D eigenvalue weighted by molar-refractivity contribution is -0.708. The maximum atomic E-state index is 13.2. The van der Waals surface area contributed by atoms with E-state index in [-0.39, 0.29) is 18.4 Å². The van der Waals surface area contributed by atoms with E-state index >= 15 is 0 Å². The van der Waals surface area contributed by atoms with Crippen LogP contribution >= 0.6 is 0 Å². The predicted molar refractivity (Wildman–Crippen MR) is 131 cm³/mol. The summed E-state index contributed by atoms with van der Waals surface area (Å²) < 4.78 is 8.15. The van der Waals surface area contributed by atoms with E-state index in [4.69, 9.17) is 10.5 Å². The molecule has 5 nitrogen and oxygen atoms in total. The molecule has 3 heterocycles. The number of anilines is 1. The first kappa shape index (κ1) is 27.9. The van der Waals surface area contributed by atoms with Crippen LogP contribution in [0.15, 0.2) is 6.07 Å². The second-order valence-electron chi connectivity index (χ2n) is 9.81. The van der Waals surface area contributed by atoms with Crippen molar-refractivity contribution in [1.82, 2.24) is 0 Å². The van der Waals surface area contributed by atoms with Crippen LogP contribution in [0.1, 0.15) is 125 Å². The summed E-state index contributed by atoms with van der Waals surface area (Å²) in [6.45, 7) is 5.61. The molecule has 0 saturated carbocycles. The highest BCUT2D eigenvalue weighted by atomic mass is 35.5. The predicted octanol–water partition coefficient (Wildman–Crippen LogP) is 2.64. The molecule has 1 aromatic rings. The summed E-state index contributed by atoms with van der Waals surface area (Å²) in [5.74, 6) is 1.11. The highest BCUT2D eigenvalue weighted by Crippen LogP contribution is 2.35. The zero-order valence-electron chi connectivity index (χ0n) is 21.0. The molecule has 2 atom stereocenters. The highest BCUT2D eigenvalue weighted by Gasteiger charge is 2.41. The van der Waals surface area contributed by atoms with Crippen LogP contribution in [0.5, 0.6) is 0 Å². The van der Waals surface area contributed by atoms with Gasteiger partial charge in [-0.15, -0.1) is 0 Å². The first-order chi connectivity index (χ1) is 15.7. The topological polar surface area (TPSA) is 68.2 Å². The first-order valence-electron chi connectivity index (χ1n) is 13.4. The van der Waals surface area contributed by atoms with Gasteiger partial charge in [0.05, 0.1) is 12.6 Å². The van der Waals surface area contributed by atoms with Gasteiger partial charge in [-0.2, -0.15) is 0 Å².